The molecule has 2 aromatic rings. The first kappa shape index (κ1) is 15.4. The van der Waals surface area contributed by atoms with Gasteiger partial charge in [0.25, 0.3) is 0 Å². The third-order valence-corrected chi connectivity index (χ3v) is 3.35. The smallest absolute Gasteiger partial charge is 0.184 e. The number of ether oxygens (including phenoxy) is 1. The van der Waals surface area contributed by atoms with Crippen molar-refractivity contribution in [3.05, 3.63) is 52.5 Å². The van der Waals surface area contributed by atoms with Crippen LogP contribution in [-0.2, 0) is 0 Å². The molecule has 0 radical (unpaired) electrons. The maximum atomic E-state index is 8.44. The zero-order chi connectivity index (χ0) is 15.2. The van der Waals surface area contributed by atoms with Crippen molar-refractivity contribution < 1.29 is 4.74 Å². The minimum absolute atomic E-state index is 0.232. The van der Waals surface area contributed by atoms with Gasteiger partial charge in [0.15, 0.2) is 11.3 Å². The summed E-state index contributed by atoms with van der Waals surface area (Å²) in [5.74, 6) is 1.23. The second-order valence-corrected chi connectivity index (χ2v) is 5.12. The van der Waals surface area contributed by atoms with Gasteiger partial charge in [0.05, 0.1) is 10.0 Å². The minimum atomic E-state index is 0.232. The van der Waals surface area contributed by atoms with Crippen LogP contribution in [0.5, 0.6) is 11.5 Å². The van der Waals surface area contributed by atoms with Crippen LogP contribution in [0, 0.1) is 11.5 Å². The van der Waals surface area contributed by atoms with Crippen LogP contribution < -0.4 is 15.4 Å². The quantitative estimate of drug-likeness (QED) is 0.488. The highest BCUT2D eigenvalue weighted by molar-refractivity contribution is 7.80. The van der Waals surface area contributed by atoms with Crippen LogP contribution in [0.3, 0.4) is 0 Å². The van der Waals surface area contributed by atoms with Crippen molar-refractivity contribution >= 4 is 46.2 Å². The molecule has 2 rings (SSSR count). The van der Waals surface area contributed by atoms with Crippen molar-refractivity contribution in [2.45, 2.75) is 0 Å². The maximum Gasteiger partial charge on any atom is 0.184 e. The molecule has 4 nitrogen and oxygen atoms in total. The molecule has 2 aromatic carbocycles. The van der Waals surface area contributed by atoms with E-state index in [4.69, 9.17) is 45.4 Å². The molecule has 0 aliphatic rings. The number of hydrogen-bond acceptors (Lipinski definition) is 3. The molecule has 0 aromatic heterocycles. The number of benzene rings is 2. The molecule has 0 spiro atoms. The fourth-order valence-corrected chi connectivity index (χ4v) is 1.95. The van der Waals surface area contributed by atoms with Crippen LogP contribution in [0.25, 0.3) is 0 Å². The molecule has 0 amide bonds. The lowest BCUT2D eigenvalue weighted by Gasteiger charge is -2.09. The van der Waals surface area contributed by atoms with E-state index in [1.165, 1.54) is 0 Å². The zero-order valence-electron chi connectivity index (χ0n) is 10.6. The lowest BCUT2D eigenvalue weighted by atomic mass is 10.3. The van der Waals surface area contributed by atoms with Gasteiger partial charge >= 0.3 is 0 Å². The Bertz CT molecular complexity index is 698. The third kappa shape index (κ3) is 4.50. The highest BCUT2D eigenvalue weighted by atomic mass is 35.5. The number of nitrogens with zero attached hydrogens (tertiary/aromatic N) is 1. The van der Waals surface area contributed by atoms with Gasteiger partial charge in [-0.2, -0.15) is 5.26 Å². The molecule has 21 heavy (non-hydrogen) atoms. The van der Waals surface area contributed by atoms with Crippen LogP contribution in [0.2, 0.25) is 10.0 Å². The Balaban J connectivity index is 2.03. The predicted octanol–water partition coefficient (Wildman–Crippen LogP) is 4.55. The normalized spacial score (nSPS) is 9.57. The van der Waals surface area contributed by atoms with Gasteiger partial charge in [-0.25, -0.2) is 0 Å². The molecule has 0 atom stereocenters. The number of anilines is 1. The maximum absolute atomic E-state index is 8.44. The van der Waals surface area contributed by atoms with E-state index in [0.717, 1.165) is 5.69 Å². The monoisotopic (exact) mass is 337 g/mol. The summed E-state index contributed by atoms with van der Waals surface area (Å²) in [6, 6.07) is 12.1. The summed E-state index contributed by atoms with van der Waals surface area (Å²) in [6.07, 6.45) is 1.74. The van der Waals surface area contributed by atoms with Gasteiger partial charge in [-0.1, -0.05) is 23.2 Å². The average molecular weight is 338 g/mol. The lowest BCUT2D eigenvalue weighted by Crippen LogP contribution is -2.23. The van der Waals surface area contributed by atoms with Crippen molar-refractivity contribution in [2.24, 2.45) is 0 Å². The first-order chi connectivity index (χ1) is 10.1. The summed E-state index contributed by atoms with van der Waals surface area (Å²) in [4.78, 5) is 0. The van der Waals surface area contributed by atoms with Crippen LogP contribution in [0.4, 0.5) is 5.69 Å². The van der Waals surface area contributed by atoms with Gasteiger partial charge in [0, 0.05) is 11.8 Å². The summed E-state index contributed by atoms with van der Waals surface area (Å²) in [6.45, 7) is 0. The van der Waals surface area contributed by atoms with Crippen molar-refractivity contribution in [1.29, 1.82) is 5.26 Å². The fourth-order valence-electron chi connectivity index (χ4n) is 1.50. The highest BCUT2D eigenvalue weighted by Gasteiger charge is 2.02. The number of nitrogens with one attached hydrogen (secondary N) is 2. The van der Waals surface area contributed by atoms with Crippen LogP contribution in [0.1, 0.15) is 0 Å². The van der Waals surface area contributed by atoms with Crippen LogP contribution in [0.15, 0.2) is 42.5 Å². The van der Waals surface area contributed by atoms with E-state index in [9.17, 15) is 0 Å². The number of rotatable bonds is 3. The molecule has 106 valence electrons. The van der Waals surface area contributed by atoms with E-state index in [1.54, 1.807) is 48.7 Å². The Morgan fingerprint density at radius 2 is 1.71 bits per heavy atom. The summed E-state index contributed by atoms with van der Waals surface area (Å²) >= 11 is 16.7. The van der Waals surface area contributed by atoms with Crippen molar-refractivity contribution in [2.75, 3.05) is 5.32 Å². The third-order valence-electron chi connectivity index (χ3n) is 2.41. The highest BCUT2D eigenvalue weighted by Crippen LogP contribution is 2.29. The summed E-state index contributed by atoms with van der Waals surface area (Å²) in [5, 5.41) is 14.8. The fraction of sp³-hybridized carbons (Fsp3) is 0. The molecule has 0 bridgehead atoms. The van der Waals surface area contributed by atoms with Crippen molar-refractivity contribution in [3.8, 4) is 17.7 Å². The standard InChI is InChI=1S/C14H9Cl2N3OS/c15-12-6-5-11(7-13(12)16)20-10-3-1-9(2-4-10)19-14(21)18-8-17/h1-7H,(H2,18,19,21). The minimum Gasteiger partial charge on any atom is -0.457 e. The Labute approximate surface area is 137 Å². The topological polar surface area (TPSA) is 57.1 Å². The molecule has 0 heterocycles. The Morgan fingerprint density at radius 1 is 1.05 bits per heavy atom. The van der Waals surface area contributed by atoms with E-state index in [1.807, 2.05) is 0 Å². The Kier molecular flexibility index (Phi) is 5.23. The lowest BCUT2D eigenvalue weighted by molar-refractivity contribution is 0.483. The molecule has 7 heteroatoms. The molecule has 0 fully saturated rings. The number of nitriles is 1. The summed E-state index contributed by atoms with van der Waals surface area (Å²) in [5.41, 5.74) is 0.740. The van der Waals surface area contributed by atoms with Gasteiger partial charge in [-0.05, 0) is 48.6 Å². The van der Waals surface area contributed by atoms with Crippen molar-refractivity contribution in [1.82, 2.24) is 5.32 Å². The molecule has 2 N–H and O–H groups in total. The van der Waals surface area contributed by atoms with Crippen LogP contribution in [-0.4, -0.2) is 5.11 Å². The first-order valence-electron chi connectivity index (χ1n) is 5.77. The van der Waals surface area contributed by atoms with E-state index in [-0.39, 0.29) is 5.11 Å². The van der Waals surface area contributed by atoms with E-state index < -0.39 is 0 Å². The number of halogens is 2. The first-order valence-corrected chi connectivity index (χ1v) is 6.94. The molecular weight excluding hydrogens is 329 g/mol. The van der Waals surface area contributed by atoms with E-state index >= 15 is 0 Å². The molecular formula is C14H9Cl2N3OS. The van der Waals surface area contributed by atoms with E-state index in [2.05, 4.69) is 10.6 Å². The van der Waals surface area contributed by atoms with Gasteiger partial charge in [-0.15, -0.1) is 0 Å². The Morgan fingerprint density at radius 3 is 2.33 bits per heavy atom. The van der Waals surface area contributed by atoms with Gasteiger partial charge in [0.2, 0.25) is 0 Å². The van der Waals surface area contributed by atoms with Crippen molar-refractivity contribution in [3.63, 3.8) is 0 Å². The van der Waals surface area contributed by atoms with Gasteiger partial charge < -0.3 is 10.1 Å². The summed E-state index contributed by atoms with van der Waals surface area (Å²) < 4.78 is 5.65. The van der Waals surface area contributed by atoms with E-state index in [0.29, 0.717) is 21.5 Å². The molecule has 0 aliphatic heterocycles. The van der Waals surface area contributed by atoms with Gasteiger partial charge in [0.1, 0.15) is 11.5 Å². The largest absolute Gasteiger partial charge is 0.457 e. The SMILES string of the molecule is N#CNC(=S)Nc1ccc(Oc2ccc(Cl)c(Cl)c2)cc1. The second kappa shape index (κ2) is 7.14. The predicted molar refractivity (Wildman–Crippen MR) is 87.9 cm³/mol. The molecule has 0 saturated carbocycles. The molecule has 0 aliphatic carbocycles. The Hall–Kier alpha value is -2.00. The zero-order valence-corrected chi connectivity index (χ0v) is 12.9. The summed E-state index contributed by atoms with van der Waals surface area (Å²) in [7, 11) is 0. The number of thiocarbonyl (C=S) groups is 1. The average Bonchev–Trinajstić information content (AvgIpc) is 2.45. The molecule has 0 saturated heterocycles. The second-order valence-electron chi connectivity index (χ2n) is 3.89. The number of hydrogen-bond donors (Lipinski definition) is 2. The van der Waals surface area contributed by atoms with Crippen LogP contribution >= 0.6 is 35.4 Å². The van der Waals surface area contributed by atoms with Gasteiger partial charge in [-0.3, -0.25) is 5.32 Å². The molecule has 0 unspecified atom stereocenters.